The van der Waals surface area contributed by atoms with E-state index >= 15 is 0 Å². The lowest BCUT2D eigenvalue weighted by atomic mass is 9.90. The molecule has 1 aliphatic heterocycles. The summed E-state index contributed by atoms with van der Waals surface area (Å²) in [4.78, 5) is 27.4. The van der Waals surface area contributed by atoms with E-state index in [2.05, 4.69) is 15.0 Å². The lowest BCUT2D eigenvalue weighted by Crippen LogP contribution is -2.38. The van der Waals surface area contributed by atoms with Crippen LogP contribution < -0.4 is 0 Å². The van der Waals surface area contributed by atoms with Gasteiger partial charge in [0, 0.05) is 44.1 Å². The minimum atomic E-state index is 0.00466. The third-order valence-corrected chi connectivity index (χ3v) is 4.37. The molecule has 0 aliphatic carbocycles. The summed E-state index contributed by atoms with van der Waals surface area (Å²) in [6, 6.07) is 5.42. The van der Waals surface area contributed by atoms with Gasteiger partial charge in [0.05, 0.1) is 12.3 Å². The Morgan fingerprint density at radius 2 is 2.08 bits per heavy atom. The lowest BCUT2D eigenvalue weighted by Gasteiger charge is -2.32. The number of hydrogen-bond donors (Lipinski definition) is 0. The highest BCUT2D eigenvalue weighted by atomic mass is 16.5. The van der Waals surface area contributed by atoms with Crippen molar-refractivity contribution in [2.75, 3.05) is 20.2 Å². The number of methoxy groups -OCH3 is 1. The van der Waals surface area contributed by atoms with Crippen LogP contribution in [0.25, 0.3) is 0 Å². The van der Waals surface area contributed by atoms with Crippen molar-refractivity contribution in [3.05, 3.63) is 53.4 Å². The van der Waals surface area contributed by atoms with E-state index in [-0.39, 0.29) is 5.91 Å². The fraction of sp³-hybridized carbons (Fsp3) is 0.444. The first-order valence-electron chi connectivity index (χ1n) is 8.20. The Labute approximate surface area is 141 Å². The second-order valence-corrected chi connectivity index (χ2v) is 6.04. The molecule has 3 rings (SSSR count). The zero-order valence-corrected chi connectivity index (χ0v) is 14.1. The van der Waals surface area contributed by atoms with Crippen molar-refractivity contribution >= 4 is 5.91 Å². The molecular weight excluding hydrogens is 304 g/mol. The second kappa shape index (κ2) is 7.49. The van der Waals surface area contributed by atoms with E-state index in [1.165, 1.54) is 0 Å². The number of carbonyl (C=O) groups is 1. The van der Waals surface area contributed by atoms with Crippen LogP contribution in [-0.2, 0) is 11.3 Å². The standard InChI is InChI=1S/C18H22N4O2/c1-13-20-11-15(12-24-2)17(21-13)14-6-9-22(10-7-14)18(23)16-5-3-4-8-19-16/h3-5,8,11,14H,6-7,9-10,12H2,1-2H3. The molecule has 6 heteroatoms. The van der Waals surface area contributed by atoms with E-state index < -0.39 is 0 Å². The Morgan fingerprint density at radius 1 is 1.29 bits per heavy atom. The quantitative estimate of drug-likeness (QED) is 0.862. The first-order valence-corrected chi connectivity index (χ1v) is 8.20. The largest absolute Gasteiger partial charge is 0.380 e. The van der Waals surface area contributed by atoms with Crippen LogP contribution in [0.4, 0.5) is 0 Å². The van der Waals surface area contributed by atoms with Gasteiger partial charge in [-0.15, -0.1) is 0 Å². The van der Waals surface area contributed by atoms with Gasteiger partial charge in [-0.2, -0.15) is 0 Å². The summed E-state index contributed by atoms with van der Waals surface area (Å²) in [5, 5.41) is 0. The molecule has 3 heterocycles. The normalized spacial score (nSPS) is 15.5. The highest BCUT2D eigenvalue weighted by Crippen LogP contribution is 2.29. The van der Waals surface area contributed by atoms with Gasteiger partial charge in [-0.3, -0.25) is 9.78 Å². The fourth-order valence-corrected chi connectivity index (χ4v) is 3.14. The number of likely N-dealkylation sites (tertiary alicyclic amines) is 1. The van der Waals surface area contributed by atoms with Crippen LogP contribution in [-0.4, -0.2) is 46.0 Å². The first-order chi connectivity index (χ1) is 11.7. The molecule has 0 N–H and O–H groups in total. The van der Waals surface area contributed by atoms with Crippen molar-refractivity contribution in [3.8, 4) is 0 Å². The van der Waals surface area contributed by atoms with Gasteiger partial charge in [0.15, 0.2) is 0 Å². The Hall–Kier alpha value is -2.34. The SMILES string of the molecule is COCc1cnc(C)nc1C1CCN(C(=O)c2ccccn2)CC1. The van der Waals surface area contributed by atoms with Crippen LogP contribution in [0.1, 0.15) is 46.3 Å². The third kappa shape index (κ3) is 3.59. The molecule has 1 fully saturated rings. The molecule has 0 radical (unpaired) electrons. The number of hydrogen-bond acceptors (Lipinski definition) is 5. The highest BCUT2D eigenvalue weighted by molar-refractivity contribution is 5.92. The summed E-state index contributed by atoms with van der Waals surface area (Å²) in [5.41, 5.74) is 2.61. The average Bonchev–Trinajstić information content (AvgIpc) is 2.64. The van der Waals surface area contributed by atoms with Crippen molar-refractivity contribution in [1.29, 1.82) is 0 Å². The zero-order chi connectivity index (χ0) is 16.9. The van der Waals surface area contributed by atoms with Crippen LogP contribution in [0.2, 0.25) is 0 Å². The fourth-order valence-electron chi connectivity index (χ4n) is 3.14. The molecule has 0 unspecified atom stereocenters. The van der Waals surface area contributed by atoms with Crippen LogP contribution in [0.3, 0.4) is 0 Å². The number of ether oxygens (including phenoxy) is 1. The van der Waals surface area contributed by atoms with E-state index in [0.717, 1.165) is 43.0 Å². The number of amides is 1. The van der Waals surface area contributed by atoms with Gasteiger partial charge < -0.3 is 9.64 Å². The molecular formula is C18H22N4O2. The molecule has 24 heavy (non-hydrogen) atoms. The van der Waals surface area contributed by atoms with Crippen LogP contribution >= 0.6 is 0 Å². The van der Waals surface area contributed by atoms with Crippen LogP contribution in [0, 0.1) is 6.92 Å². The Kier molecular flexibility index (Phi) is 5.15. The maximum absolute atomic E-state index is 12.5. The minimum absolute atomic E-state index is 0.00466. The lowest BCUT2D eigenvalue weighted by molar-refractivity contribution is 0.0705. The minimum Gasteiger partial charge on any atom is -0.380 e. The van der Waals surface area contributed by atoms with E-state index in [1.807, 2.05) is 30.2 Å². The number of rotatable bonds is 4. The summed E-state index contributed by atoms with van der Waals surface area (Å²) in [6.07, 6.45) is 5.30. The summed E-state index contributed by atoms with van der Waals surface area (Å²) in [5.74, 6) is 1.12. The third-order valence-electron chi connectivity index (χ3n) is 4.37. The molecule has 1 amide bonds. The maximum atomic E-state index is 12.5. The van der Waals surface area contributed by atoms with Crippen molar-refractivity contribution in [1.82, 2.24) is 19.9 Å². The van der Waals surface area contributed by atoms with E-state index in [4.69, 9.17) is 4.74 Å². The smallest absolute Gasteiger partial charge is 0.272 e. The topological polar surface area (TPSA) is 68.2 Å². The van der Waals surface area contributed by atoms with E-state index in [1.54, 1.807) is 19.4 Å². The molecule has 6 nitrogen and oxygen atoms in total. The van der Waals surface area contributed by atoms with Crippen molar-refractivity contribution in [2.45, 2.75) is 32.3 Å². The number of aromatic nitrogens is 3. The summed E-state index contributed by atoms with van der Waals surface area (Å²) >= 11 is 0. The molecule has 1 saturated heterocycles. The molecule has 0 bridgehead atoms. The molecule has 2 aromatic heterocycles. The Bertz CT molecular complexity index is 697. The molecule has 0 aromatic carbocycles. The van der Waals surface area contributed by atoms with Gasteiger partial charge in [0.1, 0.15) is 11.5 Å². The number of piperidine rings is 1. The monoisotopic (exact) mass is 326 g/mol. The Morgan fingerprint density at radius 3 is 2.75 bits per heavy atom. The molecule has 0 atom stereocenters. The van der Waals surface area contributed by atoms with Crippen LogP contribution in [0.5, 0.6) is 0 Å². The van der Waals surface area contributed by atoms with Crippen molar-refractivity contribution < 1.29 is 9.53 Å². The number of nitrogens with zero attached hydrogens (tertiary/aromatic N) is 4. The Balaban J connectivity index is 1.69. The van der Waals surface area contributed by atoms with Crippen molar-refractivity contribution in [3.63, 3.8) is 0 Å². The molecule has 0 spiro atoms. The molecule has 0 saturated carbocycles. The van der Waals surface area contributed by atoms with E-state index in [9.17, 15) is 4.79 Å². The number of pyridine rings is 1. The summed E-state index contributed by atoms with van der Waals surface area (Å²) in [6.45, 7) is 3.85. The number of carbonyl (C=O) groups excluding carboxylic acids is 1. The average molecular weight is 326 g/mol. The van der Waals surface area contributed by atoms with Gasteiger partial charge >= 0.3 is 0 Å². The maximum Gasteiger partial charge on any atom is 0.272 e. The van der Waals surface area contributed by atoms with Gasteiger partial charge in [-0.25, -0.2) is 9.97 Å². The van der Waals surface area contributed by atoms with Gasteiger partial charge in [-0.1, -0.05) is 6.07 Å². The second-order valence-electron chi connectivity index (χ2n) is 6.04. The predicted octanol–water partition coefficient (Wildman–Crippen LogP) is 2.35. The number of aryl methyl sites for hydroxylation is 1. The van der Waals surface area contributed by atoms with Crippen LogP contribution in [0.15, 0.2) is 30.6 Å². The van der Waals surface area contributed by atoms with Crippen molar-refractivity contribution in [2.24, 2.45) is 0 Å². The highest BCUT2D eigenvalue weighted by Gasteiger charge is 2.27. The molecule has 2 aromatic rings. The van der Waals surface area contributed by atoms with Gasteiger partial charge in [0.25, 0.3) is 5.91 Å². The summed E-state index contributed by atoms with van der Waals surface area (Å²) < 4.78 is 5.26. The van der Waals surface area contributed by atoms with E-state index in [0.29, 0.717) is 18.2 Å². The predicted molar refractivity (Wildman–Crippen MR) is 89.6 cm³/mol. The first kappa shape index (κ1) is 16.5. The molecule has 1 aliphatic rings. The van der Waals surface area contributed by atoms with Gasteiger partial charge in [0.2, 0.25) is 0 Å². The summed E-state index contributed by atoms with van der Waals surface area (Å²) in [7, 11) is 1.68. The van der Waals surface area contributed by atoms with Gasteiger partial charge in [-0.05, 0) is 31.9 Å². The molecule has 126 valence electrons. The zero-order valence-electron chi connectivity index (χ0n) is 14.1.